The number of piperidine rings is 1. The van der Waals surface area contributed by atoms with E-state index >= 15 is 0 Å². The van der Waals surface area contributed by atoms with Crippen molar-refractivity contribution >= 4 is 12.0 Å². The second-order valence-electron chi connectivity index (χ2n) is 9.82. The SMILES string of the molecule is CC(C)CCNc1nc(C2CCN(C(=O)OC(C)(C)C)CC2)c2c(n1)C(F)(F)CC2. The van der Waals surface area contributed by atoms with E-state index in [9.17, 15) is 13.6 Å². The van der Waals surface area contributed by atoms with Gasteiger partial charge in [0.05, 0.1) is 5.69 Å². The fraction of sp³-hybridized carbons (Fsp3) is 0.773. The quantitative estimate of drug-likeness (QED) is 0.713. The van der Waals surface area contributed by atoms with Crippen LogP contribution in [0.25, 0.3) is 0 Å². The number of hydrogen-bond donors (Lipinski definition) is 1. The van der Waals surface area contributed by atoms with Crippen molar-refractivity contribution in [1.82, 2.24) is 14.9 Å². The molecular weight excluding hydrogens is 390 g/mol. The van der Waals surface area contributed by atoms with Crippen LogP contribution in [0.15, 0.2) is 0 Å². The molecule has 8 heteroatoms. The molecule has 1 aliphatic heterocycles. The number of fused-ring (bicyclic) bond motifs is 1. The van der Waals surface area contributed by atoms with E-state index in [-0.39, 0.29) is 24.1 Å². The predicted molar refractivity (Wildman–Crippen MR) is 112 cm³/mol. The average Bonchev–Trinajstić information content (AvgIpc) is 2.95. The Labute approximate surface area is 177 Å². The molecule has 0 radical (unpaired) electrons. The second kappa shape index (κ2) is 8.63. The maximum atomic E-state index is 14.5. The minimum Gasteiger partial charge on any atom is -0.444 e. The zero-order valence-electron chi connectivity index (χ0n) is 18.7. The maximum absolute atomic E-state index is 14.5. The van der Waals surface area contributed by atoms with E-state index in [1.54, 1.807) is 4.90 Å². The van der Waals surface area contributed by atoms with Crippen molar-refractivity contribution < 1.29 is 18.3 Å². The Balaban J connectivity index is 1.75. The molecular formula is C22H34F2N4O2. The van der Waals surface area contributed by atoms with Gasteiger partial charge in [-0.1, -0.05) is 13.8 Å². The Kier molecular flexibility index (Phi) is 6.53. The summed E-state index contributed by atoms with van der Waals surface area (Å²) in [6.45, 7) is 11.5. The third-order valence-corrected chi connectivity index (χ3v) is 5.61. The summed E-state index contributed by atoms with van der Waals surface area (Å²) in [6.07, 6.45) is 2.04. The van der Waals surface area contributed by atoms with E-state index in [0.29, 0.717) is 56.3 Å². The summed E-state index contributed by atoms with van der Waals surface area (Å²) in [7, 11) is 0. The minimum absolute atomic E-state index is 0.0417. The molecule has 1 fully saturated rings. The van der Waals surface area contributed by atoms with Crippen molar-refractivity contribution in [3.8, 4) is 0 Å². The molecule has 1 N–H and O–H groups in total. The van der Waals surface area contributed by atoms with Crippen LogP contribution in [-0.2, 0) is 17.1 Å². The number of alkyl halides is 2. The lowest BCUT2D eigenvalue weighted by Crippen LogP contribution is -2.41. The van der Waals surface area contributed by atoms with Gasteiger partial charge in [-0.05, 0) is 52.4 Å². The molecule has 3 rings (SSSR count). The monoisotopic (exact) mass is 424 g/mol. The Hall–Kier alpha value is -1.99. The van der Waals surface area contributed by atoms with E-state index < -0.39 is 11.5 Å². The highest BCUT2D eigenvalue weighted by atomic mass is 19.3. The van der Waals surface area contributed by atoms with E-state index in [0.717, 1.165) is 12.1 Å². The third kappa shape index (κ3) is 5.38. The molecule has 0 bridgehead atoms. The van der Waals surface area contributed by atoms with Crippen molar-refractivity contribution in [2.24, 2.45) is 5.92 Å². The van der Waals surface area contributed by atoms with Crippen LogP contribution in [0.1, 0.15) is 83.2 Å². The van der Waals surface area contributed by atoms with E-state index in [4.69, 9.17) is 4.74 Å². The summed E-state index contributed by atoms with van der Waals surface area (Å²) < 4.78 is 34.4. The molecule has 0 unspecified atom stereocenters. The summed E-state index contributed by atoms with van der Waals surface area (Å²) >= 11 is 0. The smallest absolute Gasteiger partial charge is 0.410 e. The lowest BCUT2D eigenvalue weighted by molar-refractivity contribution is -0.00590. The lowest BCUT2D eigenvalue weighted by atomic mass is 9.90. The standard InChI is InChI=1S/C22H34F2N4O2/c1-14(2)7-11-25-19-26-17(16-6-10-22(23,24)18(16)27-19)15-8-12-28(13-9-15)20(29)30-21(3,4)5/h14-15H,6-13H2,1-5H3,(H,25,26,27). The van der Waals surface area contributed by atoms with Crippen LogP contribution in [-0.4, -0.2) is 46.2 Å². The summed E-state index contributed by atoms with van der Waals surface area (Å²) in [5.41, 5.74) is 0.677. The van der Waals surface area contributed by atoms with Crippen LogP contribution in [0.2, 0.25) is 0 Å². The Bertz CT molecular complexity index is 769. The number of carbonyl (C=O) groups excluding carboxylic acids is 1. The molecule has 1 aliphatic carbocycles. The van der Waals surface area contributed by atoms with Crippen LogP contribution in [0.3, 0.4) is 0 Å². The van der Waals surface area contributed by atoms with Crippen molar-refractivity contribution in [2.75, 3.05) is 25.0 Å². The number of aromatic nitrogens is 2. The maximum Gasteiger partial charge on any atom is 0.410 e. The molecule has 2 aliphatic rings. The van der Waals surface area contributed by atoms with Gasteiger partial charge in [0.2, 0.25) is 5.95 Å². The van der Waals surface area contributed by atoms with Crippen LogP contribution < -0.4 is 5.32 Å². The molecule has 1 amide bonds. The number of likely N-dealkylation sites (tertiary alicyclic amines) is 1. The third-order valence-electron chi connectivity index (χ3n) is 5.61. The van der Waals surface area contributed by atoms with Gasteiger partial charge in [0, 0.05) is 37.5 Å². The van der Waals surface area contributed by atoms with Crippen molar-refractivity contribution in [1.29, 1.82) is 0 Å². The highest BCUT2D eigenvalue weighted by Gasteiger charge is 2.44. The molecule has 0 spiro atoms. The molecule has 1 aromatic rings. The number of hydrogen-bond acceptors (Lipinski definition) is 5. The van der Waals surface area contributed by atoms with Crippen molar-refractivity contribution in [2.45, 2.75) is 84.2 Å². The number of anilines is 1. The van der Waals surface area contributed by atoms with Gasteiger partial charge in [0.1, 0.15) is 11.3 Å². The van der Waals surface area contributed by atoms with Crippen LogP contribution in [0.5, 0.6) is 0 Å². The van der Waals surface area contributed by atoms with Gasteiger partial charge in [0.15, 0.2) is 0 Å². The summed E-state index contributed by atoms with van der Waals surface area (Å²) in [4.78, 5) is 22.9. The van der Waals surface area contributed by atoms with E-state index in [1.165, 1.54) is 0 Å². The molecule has 2 heterocycles. The Morgan fingerprint density at radius 1 is 1.27 bits per heavy atom. The normalized spacial score (nSPS) is 19.1. The largest absolute Gasteiger partial charge is 0.444 e. The molecule has 168 valence electrons. The number of halogens is 2. The minimum atomic E-state index is -2.90. The molecule has 0 saturated carbocycles. The van der Waals surface area contributed by atoms with Gasteiger partial charge in [0.25, 0.3) is 5.92 Å². The number of carbonyl (C=O) groups is 1. The summed E-state index contributed by atoms with van der Waals surface area (Å²) in [5, 5.41) is 3.14. The molecule has 0 atom stereocenters. The highest BCUT2D eigenvalue weighted by Crippen LogP contribution is 2.44. The van der Waals surface area contributed by atoms with Crippen LogP contribution in [0.4, 0.5) is 19.5 Å². The van der Waals surface area contributed by atoms with Gasteiger partial charge in [-0.25, -0.2) is 14.8 Å². The van der Waals surface area contributed by atoms with Gasteiger partial charge in [-0.2, -0.15) is 8.78 Å². The van der Waals surface area contributed by atoms with E-state index in [2.05, 4.69) is 29.1 Å². The molecule has 1 saturated heterocycles. The van der Waals surface area contributed by atoms with Gasteiger partial charge < -0.3 is 15.0 Å². The summed E-state index contributed by atoms with van der Waals surface area (Å²) in [6, 6.07) is 0. The number of amides is 1. The highest BCUT2D eigenvalue weighted by molar-refractivity contribution is 5.68. The zero-order valence-corrected chi connectivity index (χ0v) is 18.7. The van der Waals surface area contributed by atoms with Gasteiger partial charge in [-0.15, -0.1) is 0 Å². The van der Waals surface area contributed by atoms with Gasteiger partial charge >= 0.3 is 6.09 Å². The van der Waals surface area contributed by atoms with E-state index in [1.807, 2.05) is 20.8 Å². The van der Waals surface area contributed by atoms with Crippen LogP contribution >= 0.6 is 0 Å². The lowest BCUT2D eigenvalue weighted by Gasteiger charge is -2.33. The van der Waals surface area contributed by atoms with Crippen molar-refractivity contribution in [3.05, 3.63) is 17.0 Å². The molecule has 6 nitrogen and oxygen atoms in total. The first-order chi connectivity index (χ1) is 14.0. The Morgan fingerprint density at radius 2 is 1.93 bits per heavy atom. The topological polar surface area (TPSA) is 67.4 Å². The molecule has 0 aromatic carbocycles. The Morgan fingerprint density at radius 3 is 2.53 bits per heavy atom. The second-order valence-corrected chi connectivity index (χ2v) is 9.82. The first-order valence-electron chi connectivity index (χ1n) is 11.0. The number of rotatable bonds is 5. The molecule has 30 heavy (non-hydrogen) atoms. The summed E-state index contributed by atoms with van der Waals surface area (Å²) in [5.74, 6) is -2.07. The van der Waals surface area contributed by atoms with Crippen LogP contribution in [0, 0.1) is 5.92 Å². The predicted octanol–water partition coefficient (Wildman–Crippen LogP) is 5.09. The number of nitrogens with one attached hydrogen (secondary N) is 1. The van der Waals surface area contributed by atoms with Gasteiger partial charge in [-0.3, -0.25) is 0 Å². The number of nitrogens with zero attached hydrogens (tertiary/aromatic N) is 3. The fourth-order valence-electron chi connectivity index (χ4n) is 4.00. The average molecular weight is 425 g/mol. The van der Waals surface area contributed by atoms with Crippen molar-refractivity contribution in [3.63, 3.8) is 0 Å². The number of ether oxygens (including phenoxy) is 1. The first-order valence-corrected chi connectivity index (χ1v) is 11.0. The zero-order chi connectivity index (χ0) is 22.1. The first kappa shape index (κ1) is 22.7. The fourth-order valence-corrected chi connectivity index (χ4v) is 4.00. The molecule has 1 aromatic heterocycles.